The number of hydrogen-bond donors (Lipinski definition) is 0. The van der Waals surface area contributed by atoms with Gasteiger partial charge < -0.3 is 9.32 Å². The number of oxazole rings is 1. The number of non-ortho nitro benzene ring substituents is 1. The maximum Gasteiger partial charge on any atom is 0.269 e. The quantitative estimate of drug-likeness (QED) is 0.631. The number of piperidine rings is 1. The van der Waals surface area contributed by atoms with Crippen molar-refractivity contribution in [3.8, 4) is 17.5 Å². The molecule has 24 heavy (non-hydrogen) atoms. The molecule has 0 aliphatic carbocycles. The van der Waals surface area contributed by atoms with Crippen molar-refractivity contribution in [1.29, 1.82) is 5.26 Å². The van der Waals surface area contributed by atoms with Gasteiger partial charge in [0.2, 0.25) is 17.5 Å². The Hall–Kier alpha value is -2.88. The molecule has 7 nitrogen and oxygen atoms in total. The molecule has 3 rings (SSSR count). The summed E-state index contributed by atoms with van der Waals surface area (Å²) in [6, 6.07) is 8.05. The maximum atomic E-state index is 10.7. The van der Waals surface area contributed by atoms with Crippen molar-refractivity contribution in [2.24, 2.45) is 11.8 Å². The van der Waals surface area contributed by atoms with Crippen LogP contribution >= 0.6 is 0 Å². The molecule has 2 unspecified atom stereocenters. The highest BCUT2D eigenvalue weighted by Gasteiger charge is 2.27. The predicted octanol–water partition coefficient (Wildman–Crippen LogP) is 3.60. The number of anilines is 1. The number of hydrogen-bond acceptors (Lipinski definition) is 6. The van der Waals surface area contributed by atoms with E-state index in [-0.39, 0.29) is 11.4 Å². The minimum atomic E-state index is -0.456. The molecule has 0 spiro atoms. The van der Waals surface area contributed by atoms with Crippen molar-refractivity contribution < 1.29 is 9.34 Å². The standard InChI is InChI=1S/C17H18N4O3/c1-11-7-12(2)10-20(9-11)17-15(8-18)19-16(24-17)13-3-5-14(6-4-13)21(22)23/h3-6,11-12H,7,9-10H2,1-2H3. The van der Waals surface area contributed by atoms with Crippen molar-refractivity contribution >= 4 is 11.6 Å². The molecule has 2 atom stereocenters. The van der Waals surface area contributed by atoms with Crippen LogP contribution in [0.3, 0.4) is 0 Å². The van der Waals surface area contributed by atoms with Gasteiger partial charge in [-0.25, -0.2) is 0 Å². The van der Waals surface area contributed by atoms with Gasteiger partial charge in [0.05, 0.1) is 4.92 Å². The Morgan fingerprint density at radius 1 is 1.29 bits per heavy atom. The summed E-state index contributed by atoms with van der Waals surface area (Å²) in [6.07, 6.45) is 1.15. The average Bonchev–Trinajstić information content (AvgIpc) is 2.98. The van der Waals surface area contributed by atoms with Crippen LogP contribution in [0.5, 0.6) is 0 Å². The molecule has 2 aromatic rings. The number of nitriles is 1. The van der Waals surface area contributed by atoms with Gasteiger partial charge in [0, 0.05) is 30.8 Å². The highest BCUT2D eigenvalue weighted by atomic mass is 16.6. The van der Waals surface area contributed by atoms with Crippen LogP contribution in [0.15, 0.2) is 28.7 Å². The zero-order valence-corrected chi connectivity index (χ0v) is 13.6. The van der Waals surface area contributed by atoms with Gasteiger partial charge in [-0.2, -0.15) is 10.2 Å². The maximum absolute atomic E-state index is 10.7. The van der Waals surface area contributed by atoms with E-state index >= 15 is 0 Å². The van der Waals surface area contributed by atoms with Gasteiger partial charge in [0.25, 0.3) is 5.69 Å². The molecule has 2 heterocycles. The van der Waals surface area contributed by atoms with Crippen LogP contribution in [0.1, 0.15) is 26.0 Å². The van der Waals surface area contributed by atoms with Crippen LogP contribution in [-0.2, 0) is 0 Å². The van der Waals surface area contributed by atoms with Gasteiger partial charge in [-0.05, 0) is 30.4 Å². The molecule has 0 radical (unpaired) electrons. The Morgan fingerprint density at radius 2 is 1.92 bits per heavy atom. The molecule has 0 saturated carbocycles. The second-order valence-electron chi connectivity index (χ2n) is 6.44. The Balaban J connectivity index is 1.93. The lowest BCUT2D eigenvalue weighted by atomic mass is 9.92. The van der Waals surface area contributed by atoms with Crippen molar-refractivity contribution in [2.75, 3.05) is 18.0 Å². The van der Waals surface area contributed by atoms with Crippen molar-refractivity contribution in [3.05, 3.63) is 40.1 Å². The van der Waals surface area contributed by atoms with Crippen LogP contribution in [0.4, 0.5) is 11.6 Å². The third kappa shape index (κ3) is 3.08. The van der Waals surface area contributed by atoms with Gasteiger partial charge >= 0.3 is 0 Å². The fourth-order valence-electron chi connectivity index (χ4n) is 3.28. The van der Waals surface area contributed by atoms with E-state index in [0.717, 1.165) is 19.5 Å². The Kier molecular flexibility index (Phi) is 4.21. The molecule has 0 N–H and O–H groups in total. The zero-order valence-electron chi connectivity index (χ0n) is 13.6. The first kappa shape index (κ1) is 16.0. The Labute approximate surface area is 139 Å². The van der Waals surface area contributed by atoms with Crippen molar-refractivity contribution in [2.45, 2.75) is 20.3 Å². The summed E-state index contributed by atoms with van der Waals surface area (Å²) >= 11 is 0. The fraction of sp³-hybridized carbons (Fsp3) is 0.412. The van der Waals surface area contributed by atoms with Gasteiger partial charge in [-0.3, -0.25) is 10.1 Å². The molecule has 1 aliphatic rings. The Morgan fingerprint density at radius 3 is 2.46 bits per heavy atom. The van der Waals surface area contributed by atoms with E-state index in [1.165, 1.54) is 12.1 Å². The largest absolute Gasteiger partial charge is 0.419 e. The Bertz CT molecular complexity index is 781. The molecule has 1 saturated heterocycles. The van der Waals surface area contributed by atoms with E-state index in [1.807, 2.05) is 0 Å². The van der Waals surface area contributed by atoms with Crippen LogP contribution in [0.25, 0.3) is 11.5 Å². The third-order valence-electron chi connectivity index (χ3n) is 4.20. The lowest BCUT2D eigenvalue weighted by Crippen LogP contribution is -2.38. The number of rotatable bonds is 3. The summed E-state index contributed by atoms with van der Waals surface area (Å²) in [4.78, 5) is 16.6. The summed E-state index contributed by atoms with van der Waals surface area (Å²) in [5.41, 5.74) is 0.871. The number of aromatic nitrogens is 1. The van der Waals surface area contributed by atoms with Crippen LogP contribution in [0.2, 0.25) is 0 Å². The molecule has 1 fully saturated rings. The first-order valence-electron chi connectivity index (χ1n) is 7.88. The minimum absolute atomic E-state index is 0.00437. The SMILES string of the molecule is CC1CC(C)CN(c2oc(-c3ccc([N+](=O)[O-])cc3)nc2C#N)C1. The van der Waals surface area contributed by atoms with Crippen molar-refractivity contribution in [1.82, 2.24) is 4.98 Å². The predicted molar refractivity (Wildman–Crippen MR) is 88.5 cm³/mol. The van der Waals surface area contributed by atoms with E-state index in [9.17, 15) is 15.4 Å². The number of nitro groups is 1. The minimum Gasteiger partial charge on any atom is -0.419 e. The topological polar surface area (TPSA) is 96.2 Å². The summed E-state index contributed by atoms with van der Waals surface area (Å²) in [7, 11) is 0. The second kappa shape index (κ2) is 6.32. The van der Waals surface area contributed by atoms with Crippen molar-refractivity contribution in [3.63, 3.8) is 0 Å². The zero-order chi connectivity index (χ0) is 17.3. The van der Waals surface area contributed by atoms with Gasteiger partial charge in [-0.15, -0.1) is 0 Å². The fourth-order valence-corrected chi connectivity index (χ4v) is 3.28. The second-order valence-corrected chi connectivity index (χ2v) is 6.44. The van der Waals surface area contributed by atoms with E-state index in [2.05, 4.69) is 29.8 Å². The monoisotopic (exact) mass is 326 g/mol. The summed E-state index contributed by atoms with van der Waals surface area (Å²) in [5.74, 6) is 1.84. The molecule has 1 aliphatic heterocycles. The molecule has 124 valence electrons. The highest BCUT2D eigenvalue weighted by molar-refractivity contribution is 5.61. The lowest BCUT2D eigenvalue weighted by molar-refractivity contribution is -0.384. The molecule has 1 aromatic heterocycles. The molecule has 0 bridgehead atoms. The number of nitrogens with zero attached hydrogens (tertiary/aromatic N) is 4. The first-order chi connectivity index (χ1) is 11.5. The first-order valence-corrected chi connectivity index (χ1v) is 7.88. The van der Waals surface area contributed by atoms with E-state index in [0.29, 0.717) is 29.2 Å². The van der Waals surface area contributed by atoms with Crippen LogP contribution in [0, 0.1) is 33.3 Å². The summed E-state index contributed by atoms with van der Waals surface area (Å²) in [6.45, 7) is 6.02. The molecule has 1 aromatic carbocycles. The van der Waals surface area contributed by atoms with Gasteiger partial charge in [0.15, 0.2) is 0 Å². The van der Waals surface area contributed by atoms with E-state index in [1.54, 1.807) is 12.1 Å². The molecular formula is C17H18N4O3. The molecule has 7 heteroatoms. The van der Waals surface area contributed by atoms with Gasteiger partial charge in [0.1, 0.15) is 6.07 Å². The lowest BCUT2D eigenvalue weighted by Gasteiger charge is -2.34. The number of nitro benzene ring substituents is 1. The van der Waals surface area contributed by atoms with E-state index < -0.39 is 4.92 Å². The highest BCUT2D eigenvalue weighted by Crippen LogP contribution is 2.32. The number of benzene rings is 1. The smallest absolute Gasteiger partial charge is 0.269 e. The van der Waals surface area contributed by atoms with Gasteiger partial charge in [-0.1, -0.05) is 13.8 Å². The molecule has 0 amide bonds. The summed E-state index contributed by atoms with van der Waals surface area (Å²) in [5, 5.41) is 20.1. The average molecular weight is 326 g/mol. The normalized spacial score (nSPS) is 20.6. The third-order valence-corrected chi connectivity index (χ3v) is 4.20. The summed E-state index contributed by atoms with van der Waals surface area (Å²) < 4.78 is 5.85. The van der Waals surface area contributed by atoms with Crippen LogP contribution < -0.4 is 4.90 Å². The molecular weight excluding hydrogens is 308 g/mol. The van der Waals surface area contributed by atoms with Crippen LogP contribution in [-0.4, -0.2) is 23.0 Å². The van der Waals surface area contributed by atoms with E-state index in [4.69, 9.17) is 4.42 Å².